The zero-order valence-corrected chi connectivity index (χ0v) is 8.28. The van der Waals surface area contributed by atoms with Gasteiger partial charge in [0, 0.05) is 12.3 Å². The van der Waals surface area contributed by atoms with Gasteiger partial charge in [0.2, 0.25) is 0 Å². The van der Waals surface area contributed by atoms with Crippen LogP contribution in [0, 0.1) is 5.82 Å². The summed E-state index contributed by atoms with van der Waals surface area (Å²) in [6.07, 6.45) is 2.20. The number of rotatable bonds is 2. The molecule has 0 spiro atoms. The summed E-state index contributed by atoms with van der Waals surface area (Å²) in [5.74, 6) is -0.516. The minimum absolute atomic E-state index is 0.0570. The summed E-state index contributed by atoms with van der Waals surface area (Å²) in [5.41, 5.74) is 0.815. The molecule has 1 aromatic heterocycles. The van der Waals surface area contributed by atoms with E-state index in [4.69, 9.17) is 11.6 Å². The molecule has 76 valence electrons. The molecule has 0 bridgehead atoms. The summed E-state index contributed by atoms with van der Waals surface area (Å²) in [7, 11) is 0. The van der Waals surface area contributed by atoms with Gasteiger partial charge in [-0.3, -0.25) is 4.79 Å². The Morgan fingerprint density at radius 2 is 2.20 bits per heavy atom. The normalized spacial score (nSPS) is 10.3. The highest BCUT2D eigenvalue weighted by Crippen LogP contribution is 2.17. The fourth-order valence-corrected chi connectivity index (χ4v) is 1.29. The Bertz CT molecular complexity index is 510. The second kappa shape index (κ2) is 3.82. The Balaban J connectivity index is 2.44. The fraction of sp³-hybridized carbons (Fsp3) is 0. The van der Waals surface area contributed by atoms with Gasteiger partial charge in [-0.25, -0.2) is 9.07 Å². The van der Waals surface area contributed by atoms with Gasteiger partial charge in [-0.1, -0.05) is 11.6 Å². The minimum Gasteiger partial charge on any atom is -0.296 e. The molecule has 2 aromatic rings. The lowest BCUT2D eigenvalue weighted by molar-refractivity contribution is 0.111. The van der Waals surface area contributed by atoms with E-state index in [1.165, 1.54) is 16.8 Å². The maximum atomic E-state index is 13.1. The maximum Gasteiger partial charge on any atom is 0.170 e. The van der Waals surface area contributed by atoms with Crippen molar-refractivity contribution in [1.29, 1.82) is 0 Å². The van der Waals surface area contributed by atoms with E-state index in [1.54, 1.807) is 18.3 Å². The Labute approximate surface area is 90.1 Å². The summed E-state index contributed by atoms with van der Waals surface area (Å²) in [5, 5.41) is 3.97. The second-order valence-corrected chi connectivity index (χ2v) is 3.31. The van der Waals surface area contributed by atoms with Crippen molar-refractivity contribution in [2.45, 2.75) is 0 Å². The first-order valence-corrected chi connectivity index (χ1v) is 4.55. The lowest BCUT2D eigenvalue weighted by Crippen LogP contribution is -1.96. The summed E-state index contributed by atoms with van der Waals surface area (Å²) in [4.78, 5) is 10.4. The number of benzene rings is 1. The van der Waals surface area contributed by atoms with Gasteiger partial charge in [-0.15, -0.1) is 0 Å². The smallest absolute Gasteiger partial charge is 0.170 e. The first-order chi connectivity index (χ1) is 7.20. The van der Waals surface area contributed by atoms with E-state index >= 15 is 0 Å². The second-order valence-electron chi connectivity index (χ2n) is 2.90. The third kappa shape index (κ3) is 1.89. The Hall–Kier alpha value is -1.68. The van der Waals surface area contributed by atoms with Gasteiger partial charge < -0.3 is 0 Å². The van der Waals surface area contributed by atoms with E-state index in [0.29, 0.717) is 17.7 Å². The molecule has 0 unspecified atom stereocenters. The van der Waals surface area contributed by atoms with Gasteiger partial charge in [0.15, 0.2) is 6.29 Å². The van der Waals surface area contributed by atoms with Crippen molar-refractivity contribution in [3.8, 4) is 5.69 Å². The highest BCUT2D eigenvalue weighted by atomic mass is 35.5. The molecular formula is C10H6ClFN2O. The summed E-state index contributed by atoms with van der Waals surface area (Å²) in [6.45, 7) is 0. The van der Waals surface area contributed by atoms with Crippen LogP contribution in [0.15, 0.2) is 30.5 Å². The number of halogens is 2. The highest BCUT2D eigenvalue weighted by Gasteiger charge is 2.04. The van der Waals surface area contributed by atoms with Crippen molar-refractivity contribution in [3.63, 3.8) is 0 Å². The van der Waals surface area contributed by atoms with E-state index in [1.807, 2.05) is 0 Å². The first-order valence-electron chi connectivity index (χ1n) is 4.17. The molecule has 2 rings (SSSR count). The van der Waals surface area contributed by atoms with E-state index in [9.17, 15) is 9.18 Å². The van der Waals surface area contributed by atoms with Crippen LogP contribution in [0.2, 0.25) is 5.02 Å². The average Bonchev–Trinajstić information content (AvgIpc) is 2.70. The van der Waals surface area contributed by atoms with Crippen molar-refractivity contribution in [2.75, 3.05) is 0 Å². The number of carbonyl (C=O) groups is 1. The predicted molar refractivity (Wildman–Crippen MR) is 53.9 cm³/mol. The number of aromatic nitrogens is 2. The monoisotopic (exact) mass is 224 g/mol. The van der Waals surface area contributed by atoms with Gasteiger partial charge in [-0.05, 0) is 18.2 Å². The standard InChI is InChI=1S/C10H6ClFN2O/c11-9-2-1-8(5-10(9)12)14-4-3-7(6-15)13-14/h1-6H. The molecule has 15 heavy (non-hydrogen) atoms. The number of hydrogen-bond acceptors (Lipinski definition) is 2. The van der Waals surface area contributed by atoms with Crippen LogP contribution in [0.4, 0.5) is 4.39 Å². The van der Waals surface area contributed by atoms with Gasteiger partial charge in [0.25, 0.3) is 0 Å². The molecule has 0 fully saturated rings. The van der Waals surface area contributed by atoms with Crippen LogP contribution in [0.5, 0.6) is 0 Å². The number of nitrogens with zero attached hydrogens (tertiary/aromatic N) is 2. The predicted octanol–water partition coefficient (Wildman–Crippen LogP) is 2.48. The van der Waals surface area contributed by atoms with Crippen LogP contribution < -0.4 is 0 Å². The Morgan fingerprint density at radius 1 is 1.40 bits per heavy atom. The Morgan fingerprint density at radius 3 is 2.80 bits per heavy atom. The van der Waals surface area contributed by atoms with Crippen LogP contribution in [-0.2, 0) is 0 Å². The topological polar surface area (TPSA) is 34.9 Å². The molecule has 0 aliphatic heterocycles. The van der Waals surface area contributed by atoms with Crippen LogP contribution in [0.1, 0.15) is 10.5 Å². The Kier molecular flexibility index (Phi) is 2.51. The minimum atomic E-state index is -0.516. The van der Waals surface area contributed by atoms with Crippen LogP contribution in [0.25, 0.3) is 5.69 Å². The lowest BCUT2D eigenvalue weighted by atomic mass is 10.3. The molecule has 0 amide bonds. The van der Waals surface area contributed by atoms with Crippen molar-refractivity contribution in [2.24, 2.45) is 0 Å². The molecule has 0 radical (unpaired) electrons. The van der Waals surface area contributed by atoms with Crippen LogP contribution in [-0.4, -0.2) is 16.1 Å². The molecule has 0 saturated carbocycles. The van der Waals surface area contributed by atoms with E-state index < -0.39 is 5.82 Å². The zero-order valence-electron chi connectivity index (χ0n) is 7.52. The summed E-state index contributed by atoms with van der Waals surface area (Å²) < 4.78 is 14.5. The third-order valence-corrected chi connectivity index (χ3v) is 2.20. The molecule has 0 aliphatic carbocycles. The number of carbonyl (C=O) groups excluding carboxylic acids is 1. The van der Waals surface area contributed by atoms with Gasteiger partial charge in [0.05, 0.1) is 10.7 Å². The van der Waals surface area contributed by atoms with Gasteiger partial charge >= 0.3 is 0 Å². The molecule has 1 aromatic carbocycles. The van der Waals surface area contributed by atoms with Crippen molar-refractivity contribution >= 4 is 17.9 Å². The average molecular weight is 225 g/mol. The largest absolute Gasteiger partial charge is 0.296 e. The summed E-state index contributed by atoms with van der Waals surface area (Å²) >= 11 is 5.54. The molecular weight excluding hydrogens is 219 g/mol. The zero-order chi connectivity index (χ0) is 10.8. The molecule has 1 heterocycles. The molecule has 0 aliphatic rings. The van der Waals surface area contributed by atoms with Crippen LogP contribution in [0.3, 0.4) is 0 Å². The molecule has 5 heteroatoms. The van der Waals surface area contributed by atoms with E-state index in [2.05, 4.69) is 5.10 Å². The highest BCUT2D eigenvalue weighted by molar-refractivity contribution is 6.30. The van der Waals surface area contributed by atoms with Gasteiger partial charge in [-0.2, -0.15) is 5.10 Å². The van der Waals surface area contributed by atoms with Crippen LogP contribution >= 0.6 is 11.6 Å². The van der Waals surface area contributed by atoms with Gasteiger partial charge in [0.1, 0.15) is 11.5 Å². The lowest BCUT2D eigenvalue weighted by Gasteiger charge is -2.01. The number of aldehydes is 1. The van der Waals surface area contributed by atoms with Crippen molar-refractivity contribution < 1.29 is 9.18 Å². The van der Waals surface area contributed by atoms with Crippen molar-refractivity contribution in [1.82, 2.24) is 9.78 Å². The molecule has 3 nitrogen and oxygen atoms in total. The molecule has 0 saturated heterocycles. The molecule has 0 N–H and O–H groups in total. The quantitative estimate of drug-likeness (QED) is 0.735. The third-order valence-electron chi connectivity index (χ3n) is 1.90. The maximum absolute atomic E-state index is 13.1. The fourth-order valence-electron chi connectivity index (χ4n) is 1.17. The SMILES string of the molecule is O=Cc1ccn(-c2ccc(Cl)c(F)c2)n1. The number of hydrogen-bond donors (Lipinski definition) is 0. The first kappa shape index (κ1) is 9.86. The van der Waals surface area contributed by atoms with Crippen molar-refractivity contribution in [3.05, 3.63) is 47.0 Å². The van der Waals surface area contributed by atoms with E-state index in [-0.39, 0.29) is 5.02 Å². The summed E-state index contributed by atoms with van der Waals surface area (Å²) in [6, 6.07) is 5.85. The van der Waals surface area contributed by atoms with E-state index in [0.717, 1.165) is 0 Å². The molecule has 0 atom stereocenters.